The molecule has 0 radical (unpaired) electrons. The van der Waals surface area contributed by atoms with Crippen molar-refractivity contribution in [1.82, 2.24) is 5.32 Å². The molecule has 4 nitrogen and oxygen atoms in total. The number of rotatable bonds is 4. The molecule has 0 aliphatic carbocycles. The van der Waals surface area contributed by atoms with Gasteiger partial charge in [0, 0.05) is 12.1 Å². The van der Waals surface area contributed by atoms with Gasteiger partial charge in [-0.25, -0.2) is 0 Å². The van der Waals surface area contributed by atoms with Gasteiger partial charge < -0.3 is 14.8 Å². The molecule has 0 unspecified atom stereocenters. The molecule has 4 rings (SSSR count). The molecule has 3 aromatic rings. The third-order valence-electron chi connectivity index (χ3n) is 4.34. The van der Waals surface area contributed by atoms with E-state index in [4.69, 9.17) is 9.47 Å². The van der Waals surface area contributed by atoms with Crippen molar-refractivity contribution in [3.63, 3.8) is 0 Å². The minimum Gasteiger partial charge on any atom is -0.486 e. The average Bonchev–Trinajstić information content (AvgIpc) is 2.67. The second-order valence-corrected chi connectivity index (χ2v) is 6.01. The summed E-state index contributed by atoms with van der Waals surface area (Å²) in [6.07, 6.45) is 0.743. The first-order valence-corrected chi connectivity index (χ1v) is 8.46. The van der Waals surface area contributed by atoms with Gasteiger partial charge in [-0.2, -0.15) is 0 Å². The topological polar surface area (TPSA) is 47.6 Å². The van der Waals surface area contributed by atoms with E-state index in [0.717, 1.165) is 34.3 Å². The molecule has 1 aliphatic heterocycles. The van der Waals surface area contributed by atoms with Gasteiger partial charge in [0.05, 0.1) is 0 Å². The maximum absolute atomic E-state index is 12.5. The standard InChI is InChI=1S/C21H19NO3/c23-21(18-7-3-5-16-4-1-2-6-17(16)18)22-11-10-15-8-9-19-20(14-15)25-13-12-24-19/h1-9,14H,10-13H2,(H,22,23). The number of ether oxygens (including phenoxy) is 2. The Morgan fingerprint density at radius 2 is 1.72 bits per heavy atom. The van der Waals surface area contributed by atoms with Crippen molar-refractivity contribution in [3.05, 3.63) is 71.8 Å². The molecule has 0 aromatic heterocycles. The molecule has 25 heavy (non-hydrogen) atoms. The highest BCUT2D eigenvalue weighted by molar-refractivity contribution is 6.06. The lowest BCUT2D eigenvalue weighted by Crippen LogP contribution is -2.26. The van der Waals surface area contributed by atoms with Crippen LogP contribution in [0, 0.1) is 0 Å². The van der Waals surface area contributed by atoms with Gasteiger partial charge in [0.1, 0.15) is 13.2 Å². The van der Waals surface area contributed by atoms with Crippen LogP contribution < -0.4 is 14.8 Å². The largest absolute Gasteiger partial charge is 0.486 e. The molecular weight excluding hydrogens is 314 g/mol. The van der Waals surface area contributed by atoms with Crippen LogP contribution >= 0.6 is 0 Å². The lowest BCUT2D eigenvalue weighted by atomic mass is 10.0. The Kier molecular flexibility index (Phi) is 4.25. The molecule has 1 N–H and O–H groups in total. The van der Waals surface area contributed by atoms with Crippen LogP contribution in [0.15, 0.2) is 60.7 Å². The van der Waals surface area contributed by atoms with E-state index >= 15 is 0 Å². The summed E-state index contributed by atoms with van der Waals surface area (Å²) in [4.78, 5) is 12.5. The van der Waals surface area contributed by atoms with E-state index in [2.05, 4.69) is 5.32 Å². The van der Waals surface area contributed by atoms with E-state index in [0.29, 0.717) is 25.3 Å². The molecule has 1 amide bonds. The third-order valence-corrected chi connectivity index (χ3v) is 4.34. The highest BCUT2D eigenvalue weighted by atomic mass is 16.6. The molecule has 4 heteroatoms. The number of amides is 1. The predicted molar refractivity (Wildman–Crippen MR) is 97.4 cm³/mol. The molecule has 0 atom stereocenters. The summed E-state index contributed by atoms with van der Waals surface area (Å²) in [6.45, 7) is 1.74. The molecular formula is C21H19NO3. The molecule has 1 heterocycles. The van der Waals surface area contributed by atoms with Crippen LogP contribution in [0.4, 0.5) is 0 Å². The molecule has 0 saturated heterocycles. The molecule has 0 bridgehead atoms. The van der Waals surface area contributed by atoms with Crippen molar-refractivity contribution in [2.75, 3.05) is 19.8 Å². The van der Waals surface area contributed by atoms with Crippen LogP contribution in [0.25, 0.3) is 10.8 Å². The van der Waals surface area contributed by atoms with Crippen LogP contribution in [-0.2, 0) is 6.42 Å². The Labute approximate surface area is 146 Å². The zero-order valence-electron chi connectivity index (χ0n) is 13.8. The van der Waals surface area contributed by atoms with Gasteiger partial charge in [-0.1, -0.05) is 42.5 Å². The van der Waals surface area contributed by atoms with E-state index < -0.39 is 0 Å². The SMILES string of the molecule is O=C(NCCc1ccc2c(c1)OCCO2)c1cccc2ccccc12. The van der Waals surface area contributed by atoms with E-state index in [-0.39, 0.29) is 5.91 Å². The Morgan fingerprint density at radius 1 is 0.920 bits per heavy atom. The first-order valence-electron chi connectivity index (χ1n) is 8.46. The monoisotopic (exact) mass is 333 g/mol. The number of hydrogen-bond acceptors (Lipinski definition) is 3. The van der Waals surface area contributed by atoms with Crippen molar-refractivity contribution in [2.45, 2.75) is 6.42 Å². The van der Waals surface area contributed by atoms with Gasteiger partial charge in [0.2, 0.25) is 0 Å². The Morgan fingerprint density at radius 3 is 2.64 bits per heavy atom. The van der Waals surface area contributed by atoms with Crippen LogP contribution in [0.3, 0.4) is 0 Å². The fourth-order valence-electron chi connectivity index (χ4n) is 3.08. The Balaban J connectivity index is 1.42. The minimum absolute atomic E-state index is 0.0469. The third kappa shape index (κ3) is 3.29. The average molecular weight is 333 g/mol. The summed E-state index contributed by atoms with van der Waals surface area (Å²) in [5.74, 6) is 1.52. The summed E-state index contributed by atoms with van der Waals surface area (Å²) < 4.78 is 11.1. The molecule has 1 aliphatic rings. The van der Waals surface area contributed by atoms with Gasteiger partial charge >= 0.3 is 0 Å². The number of carbonyl (C=O) groups excluding carboxylic acids is 1. The smallest absolute Gasteiger partial charge is 0.251 e. The van der Waals surface area contributed by atoms with Crippen LogP contribution in [-0.4, -0.2) is 25.7 Å². The quantitative estimate of drug-likeness (QED) is 0.794. The molecule has 0 spiro atoms. The van der Waals surface area contributed by atoms with Crippen molar-refractivity contribution in [2.24, 2.45) is 0 Å². The fraction of sp³-hybridized carbons (Fsp3) is 0.190. The lowest BCUT2D eigenvalue weighted by molar-refractivity contribution is 0.0956. The maximum atomic E-state index is 12.5. The predicted octanol–water partition coefficient (Wildman–Crippen LogP) is 3.58. The van der Waals surface area contributed by atoms with Crippen LogP contribution in [0.2, 0.25) is 0 Å². The summed E-state index contributed by atoms with van der Waals surface area (Å²) in [6, 6.07) is 19.6. The Hall–Kier alpha value is -3.01. The van der Waals surface area contributed by atoms with Crippen molar-refractivity contribution < 1.29 is 14.3 Å². The first kappa shape index (κ1) is 15.5. The minimum atomic E-state index is -0.0469. The number of fused-ring (bicyclic) bond motifs is 2. The van der Waals surface area contributed by atoms with Gasteiger partial charge in [-0.3, -0.25) is 4.79 Å². The van der Waals surface area contributed by atoms with Crippen LogP contribution in [0.5, 0.6) is 11.5 Å². The van der Waals surface area contributed by atoms with E-state index in [1.165, 1.54) is 0 Å². The van der Waals surface area contributed by atoms with E-state index in [9.17, 15) is 4.79 Å². The van der Waals surface area contributed by atoms with Crippen molar-refractivity contribution in [1.29, 1.82) is 0 Å². The summed E-state index contributed by atoms with van der Waals surface area (Å²) in [5, 5.41) is 5.05. The highest BCUT2D eigenvalue weighted by Gasteiger charge is 2.12. The number of carbonyl (C=O) groups is 1. The van der Waals surface area contributed by atoms with Gasteiger partial charge in [0.15, 0.2) is 11.5 Å². The second kappa shape index (κ2) is 6.85. The van der Waals surface area contributed by atoms with Gasteiger partial charge in [-0.15, -0.1) is 0 Å². The second-order valence-electron chi connectivity index (χ2n) is 6.01. The summed E-state index contributed by atoms with van der Waals surface area (Å²) >= 11 is 0. The summed E-state index contributed by atoms with van der Waals surface area (Å²) in [7, 11) is 0. The first-order chi connectivity index (χ1) is 12.3. The highest BCUT2D eigenvalue weighted by Crippen LogP contribution is 2.30. The zero-order chi connectivity index (χ0) is 17.1. The molecule has 0 fully saturated rings. The number of hydrogen-bond donors (Lipinski definition) is 1. The molecule has 126 valence electrons. The maximum Gasteiger partial charge on any atom is 0.251 e. The number of benzene rings is 3. The normalized spacial score (nSPS) is 12.8. The van der Waals surface area contributed by atoms with Gasteiger partial charge in [-0.05, 0) is 41.0 Å². The number of nitrogens with one attached hydrogen (secondary N) is 1. The van der Waals surface area contributed by atoms with Crippen molar-refractivity contribution >= 4 is 16.7 Å². The van der Waals surface area contributed by atoms with Crippen molar-refractivity contribution in [3.8, 4) is 11.5 Å². The van der Waals surface area contributed by atoms with E-state index in [1.807, 2.05) is 60.7 Å². The van der Waals surface area contributed by atoms with E-state index in [1.54, 1.807) is 0 Å². The molecule has 3 aromatic carbocycles. The lowest BCUT2D eigenvalue weighted by Gasteiger charge is -2.18. The Bertz CT molecular complexity index is 915. The van der Waals surface area contributed by atoms with Gasteiger partial charge in [0.25, 0.3) is 5.91 Å². The summed E-state index contributed by atoms with van der Waals surface area (Å²) in [5.41, 5.74) is 1.82. The van der Waals surface area contributed by atoms with Crippen LogP contribution in [0.1, 0.15) is 15.9 Å². The fourth-order valence-corrected chi connectivity index (χ4v) is 3.08. The zero-order valence-corrected chi connectivity index (χ0v) is 13.8. The molecule has 0 saturated carbocycles.